The number of carbonyl (C=O) groups is 2. The molecule has 1 fully saturated rings. The van der Waals surface area contributed by atoms with Gasteiger partial charge < -0.3 is 16.0 Å². The van der Waals surface area contributed by atoms with Gasteiger partial charge in [-0.25, -0.2) is 0 Å². The topological polar surface area (TPSA) is 70.2 Å². The van der Waals surface area contributed by atoms with Gasteiger partial charge in [-0.05, 0) is 43.5 Å². The van der Waals surface area contributed by atoms with Crippen molar-refractivity contribution in [3.8, 4) is 0 Å². The molecule has 0 heterocycles. The van der Waals surface area contributed by atoms with Crippen molar-refractivity contribution in [2.75, 3.05) is 18.9 Å². The van der Waals surface area contributed by atoms with E-state index in [1.54, 1.807) is 25.2 Å². The zero-order valence-electron chi connectivity index (χ0n) is 12.7. The number of rotatable bonds is 5. The van der Waals surface area contributed by atoms with Gasteiger partial charge in [0.25, 0.3) is 5.91 Å². The fourth-order valence-electron chi connectivity index (χ4n) is 2.65. The first-order chi connectivity index (χ1) is 10.1. The fraction of sp³-hybridized carbons (Fsp3) is 0.500. The maximum atomic E-state index is 11.9. The van der Waals surface area contributed by atoms with Gasteiger partial charge in [-0.1, -0.05) is 12.8 Å². The Bertz CT molecular complexity index is 522. The minimum absolute atomic E-state index is 0.0438. The van der Waals surface area contributed by atoms with Crippen molar-refractivity contribution in [2.45, 2.75) is 38.6 Å². The van der Waals surface area contributed by atoms with Gasteiger partial charge in [0.2, 0.25) is 5.91 Å². The van der Waals surface area contributed by atoms with Crippen molar-refractivity contribution in [3.63, 3.8) is 0 Å². The van der Waals surface area contributed by atoms with Crippen molar-refractivity contribution in [1.29, 1.82) is 0 Å². The summed E-state index contributed by atoms with van der Waals surface area (Å²) < 4.78 is 0. The summed E-state index contributed by atoms with van der Waals surface area (Å²) in [4.78, 5) is 23.5. The highest BCUT2D eigenvalue weighted by Crippen LogP contribution is 2.18. The second-order valence-corrected chi connectivity index (χ2v) is 5.52. The van der Waals surface area contributed by atoms with Crippen molar-refractivity contribution >= 4 is 17.5 Å². The van der Waals surface area contributed by atoms with Crippen LogP contribution >= 0.6 is 0 Å². The molecule has 0 aliphatic heterocycles. The molecular weight excluding hydrogens is 266 g/mol. The van der Waals surface area contributed by atoms with E-state index in [9.17, 15) is 9.59 Å². The van der Waals surface area contributed by atoms with Gasteiger partial charge in [0.15, 0.2) is 0 Å². The van der Waals surface area contributed by atoms with E-state index in [1.165, 1.54) is 12.8 Å². The first kappa shape index (κ1) is 15.5. The van der Waals surface area contributed by atoms with E-state index in [0.29, 0.717) is 18.2 Å². The molecular formula is C16H23N3O2. The summed E-state index contributed by atoms with van der Waals surface area (Å²) >= 11 is 0. The van der Waals surface area contributed by atoms with Crippen molar-refractivity contribution in [3.05, 3.63) is 29.3 Å². The monoisotopic (exact) mass is 289 g/mol. The molecule has 21 heavy (non-hydrogen) atoms. The number of carbonyl (C=O) groups excluding carboxylic acids is 2. The minimum atomic E-state index is -0.126. The Morgan fingerprint density at radius 2 is 1.95 bits per heavy atom. The van der Waals surface area contributed by atoms with Gasteiger partial charge >= 0.3 is 0 Å². The summed E-state index contributed by atoms with van der Waals surface area (Å²) in [6.07, 6.45) is 4.82. The van der Waals surface area contributed by atoms with Gasteiger partial charge in [0.05, 0.1) is 6.54 Å². The molecule has 114 valence electrons. The minimum Gasteiger partial charge on any atom is -0.355 e. The Morgan fingerprint density at radius 3 is 2.57 bits per heavy atom. The van der Waals surface area contributed by atoms with Crippen LogP contribution in [-0.2, 0) is 4.79 Å². The number of hydrogen-bond donors (Lipinski definition) is 3. The van der Waals surface area contributed by atoms with Gasteiger partial charge in [-0.15, -0.1) is 0 Å². The van der Waals surface area contributed by atoms with Crippen LogP contribution in [0.25, 0.3) is 0 Å². The molecule has 5 heteroatoms. The van der Waals surface area contributed by atoms with E-state index >= 15 is 0 Å². The molecule has 1 saturated carbocycles. The highest BCUT2D eigenvalue weighted by molar-refractivity contribution is 5.96. The van der Waals surface area contributed by atoms with Crippen molar-refractivity contribution in [2.24, 2.45) is 0 Å². The van der Waals surface area contributed by atoms with E-state index in [1.807, 2.05) is 6.92 Å². The van der Waals surface area contributed by atoms with Crippen LogP contribution in [0.1, 0.15) is 41.6 Å². The predicted octanol–water partition coefficient (Wildman–Crippen LogP) is 1.83. The lowest BCUT2D eigenvalue weighted by atomic mass is 10.1. The number of benzene rings is 1. The third-order valence-electron chi connectivity index (χ3n) is 3.90. The summed E-state index contributed by atoms with van der Waals surface area (Å²) in [5, 5.41) is 8.75. The Kier molecular flexibility index (Phi) is 5.33. The summed E-state index contributed by atoms with van der Waals surface area (Å²) in [7, 11) is 1.60. The lowest BCUT2D eigenvalue weighted by molar-refractivity contribution is -0.115. The van der Waals surface area contributed by atoms with Crippen LogP contribution in [0.3, 0.4) is 0 Å². The quantitative estimate of drug-likeness (QED) is 0.774. The second kappa shape index (κ2) is 7.22. The lowest BCUT2D eigenvalue weighted by Gasteiger charge is -2.13. The van der Waals surface area contributed by atoms with Crippen LogP contribution in [0.15, 0.2) is 18.2 Å². The van der Waals surface area contributed by atoms with E-state index in [4.69, 9.17) is 0 Å². The number of aryl methyl sites for hydroxylation is 1. The second-order valence-electron chi connectivity index (χ2n) is 5.52. The Balaban J connectivity index is 1.89. The third kappa shape index (κ3) is 4.29. The molecule has 0 bridgehead atoms. The fourth-order valence-corrected chi connectivity index (χ4v) is 2.65. The maximum Gasteiger partial charge on any atom is 0.251 e. The molecule has 0 radical (unpaired) electrons. The molecule has 1 aliphatic rings. The SMILES string of the molecule is CNC(=O)c1ccc(NC(=O)CNC2CCCC2)c(C)c1. The smallest absolute Gasteiger partial charge is 0.251 e. The molecule has 0 atom stereocenters. The van der Waals surface area contributed by atoms with Crippen LogP contribution in [0.5, 0.6) is 0 Å². The molecule has 0 spiro atoms. The van der Waals surface area contributed by atoms with Crippen molar-refractivity contribution < 1.29 is 9.59 Å². The average Bonchev–Trinajstić information content (AvgIpc) is 2.99. The zero-order chi connectivity index (χ0) is 15.2. The summed E-state index contributed by atoms with van der Waals surface area (Å²) in [5.41, 5.74) is 2.23. The molecule has 2 rings (SSSR count). The highest BCUT2D eigenvalue weighted by atomic mass is 16.2. The van der Waals surface area contributed by atoms with Gasteiger partial charge in [-0.3, -0.25) is 9.59 Å². The Hall–Kier alpha value is -1.88. The molecule has 2 amide bonds. The van der Waals surface area contributed by atoms with E-state index in [0.717, 1.165) is 24.1 Å². The van der Waals surface area contributed by atoms with Gasteiger partial charge in [-0.2, -0.15) is 0 Å². The average molecular weight is 289 g/mol. The van der Waals surface area contributed by atoms with Gasteiger partial charge in [0, 0.05) is 24.3 Å². The van der Waals surface area contributed by atoms with Crippen LogP contribution in [-0.4, -0.2) is 31.4 Å². The summed E-state index contributed by atoms with van der Waals surface area (Å²) in [6.45, 7) is 2.22. The number of nitrogens with one attached hydrogen (secondary N) is 3. The molecule has 3 N–H and O–H groups in total. The number of hydrogen-bond acceptors (Lipinski definition) is 3. The molecule has 0 saturated heterocycles. The third-order valence-corrected chi connectivity index (χ3v) is 3.90. The molecule has 5 nitrogen and oxygen atoms in total. The van der Waals surface area contributed by atoms with E-state index in [-0.39, 0.29) is 11.8 Å². The van der Waals surface area contributed by atoms with Crippen LogP contribution in [0, 0.1) is 6.92 Å². The number of anilines is 1. The van der Waals surface area contributed by atoms with E-state index in [2.05, 4.69) is 16.0 Å². The van der Waals surface area contributed by atoms with Gasteiger partial charge in [0.1, 0.15) is 0 Å². The standard InChI is InChI=1S/C16H23N3O2/c1-11-9-12(16(21)17-2)7-8-14(11)19-15(20)10-18-13-5-3-4-6-13/h7-9,13,18H,3-6,10H2,1-2H3,(H,17,21)(H,19,20). The van der Waals surface area contributed by atoms with Crippen molar-refractivity contribution in [1.82, 2.24) is 10.6 Å². The normalized spacial score (nSPS) is 15.0. The highest BCUT2D eigenvalue weighted by Gasteiger charge is 2.15. The number of amides is 2. The maximum absolute atomic E-state index is 11.9. The predicted molar refractivity (Wildman–Crippen MR) is 83.5 cm³/mol. The first-order valence-electron chi connectivity index (χ1n) is 7.46. The van der Waals surface area contributed by atoms with Crippen LogP contribution in [0.4, 0.5) is 5.69 Å². The molecule has 0 aromatic heterocycles. The molecule has 0 unspecified atom stereocenters. The molecule has 1 aromatic rings. The van der Waals surface area contributed by atoms with E-state index < -0.39 is 0 Å². The Labute approximate surface area is 125 Å². The van der Waals surface area contributed by atoms with Crippen LogP contribution < -0.4 is 16.0 Å². The Morgan fingerprint density at radius 1 is 1.24 bits per heavy atom. The largest absolute Gasteiger partial charge is 0.355 e. The first-order valence-corrected chi connectivity index (χ1v) is 7.46. The summed E-state index contributed by atoms with van der Waals surface area (Å²) in [5.74, 6) is -0.170. The zero-order valence-corrected chi connectivity index (χ0v) is 12.7. The summed E-state index contributed by atoms with van der Waals surface area (Å²) in [6, 6.07) is 5.74. The molecule has 1 aromatic carbocycles. The molecule has 1 aliphatic carbocycles. The lowest BCUT2D eigenvalue weighted by Crippen LogP contribution is -2.34. The van der Waals surface area contributed by atoms with Crippen LogP contribution in [0.2, 0.25) is 0 Å².